The van der Waals surface area contributed by atoms with Gasteiger partial charge in [0.2, 0.25) is 0 Å². The molecular formula is C24H20N6O2. The molecule has 0 fully saturated rings. The predicted molar refractivity (Wildman–Crippen MR) is 119 cm³/mol. The first-order valence-corrected chi connectivity index (χ1v) is 10.1. The highest BCUT2D eigenvalue weighted by Gasteiger charge is 2.20. The average molecular weight is 424 g/mol. The van der Waals surface area contributed by atoms with Gasteiger partial charge < -0.3 is 9.32 Å². The summed E-state index contributed by atoms with van der Waals surface area (Å²) in [5, 5.41) is 5.41. The van der Waals surface area contributed by atoms with Gasteiger partial charge in [-0.05, 0) is 42.8 Å². The lowest BCUT2D eigenvalue weighted by Crippen LogP contribution is -2.26. The summed E-state index contributed by atoms with van der Waals surface area (Å²) in [4.78, 5) is 28.1. The van der Waals surface area contributed by atoms with Crippen molar-refractivity contribution in [2.75, 3.05) is 7.05 Å². The Balaban J connectivity index is 1.41. The zero-order valence-electron chi connectivity index (χ0n) is 17.6. The molecule has 1 amide bonds. The van der Waals surface area contributed by atoms with Crippen molar-refractivity contribution in [1.82, 2.24) is 29.6 Å². The summed E-state index contributed by atoms with van der Waals surface area (Å²) in [6.07, 6.45) is 6.56. The van der Waals surface area contributed by atoms with Gasteiger partial charge in [-0.2, -0.15) is 5.10 Å². The minimum absolute atomic E-state index is 0.128. The molecule has 0 aliphatic carbocycles. The second-order valence-corrected chi connectivity index (χ2v) is 7.42. The quantitative estimate of drug-likeness (QED) is 0.423. The number of nitrogens with zero attached hydrogens (tertiary/aromatic N) is 6. The van der Waals surface area contributed by atoms with E-state index in [-0.39, 0.29) is 5.91 Å². The van der Waals surface area contributed by atoms with Crippen LogP contribution in [-0.4, -0.2) is 42.6 Å². The van der Waals surface area contributed by atoms with Gasteiger partial charge in [0.25, 0.3) is 11.9 Å². The number of pyridine rings is 1. The summed E-state index contributed by atoms with van der Waals surface area (Å²) in [5.74, 6) is 0.883. The van der Waals surface area contributed by atoms with E-state index in [0.29, 0.717) is 35.2 Å². The van der Waals surface area contributed by atoms with Crippen LogP contribution < -0.4 is 0 Å². The van der Waals surface area contributed by atoms with Crippen molar-refractivity contribution in [3.63, 3.8) is 0 Å². The Morgan fingerprint density at radius 3 is 2.81 bits per heavy atom. The SMILES string of the molecule is Cc1c(C(=O)N(C)Cc2cccc3ncccc23)cnn1-c1nccc(-c2ccco2)n1. The van der Waals surface area contributed by atoms with E-state index >= 15 is 0 Å². The molecule has 0 aliphatic heterocycles. The number of aromatic nitrogens is 5. The first kappa shape index (κ1) is 19.6. The van der Waals surface area contributed by atoms with E-state index in [2.05, 4.69) is 20.1 Å². The third-order valence-electron chi connectivity index (χ3n) is 5.34. The van der Waals surface area contributed by atoms with Gasteiger partial charge in [-0.25, -0.2) is 14.6 Å². The number of fused-ring (bicyclic) bond motifs is 1. The summed E-state index contributed by atoms with van der Waals surface area (Å²) in [7, 11) is 1.78. The molecule has 158 valence electrons. The molecule has 32 heavy (non-hydrogen) atoms. The van der Waals surface area contributed by atoms with Gasteiger partial charge in [-0.15, -0.1) is 0 Å². The number of hydrogen-bond acceptors (Lipinski definition) is 6. The maximum absolute atomic E-state index is 13.2. The van der Waals surface area contributed by atoms with Crippen molar-refractivity contribution in [2.45, 2.75) is 13.5 Å². The third kappa shape index (κ3) is 3.51. The highest BCUT2D eigenvalue weighted by molar-refractivity contribution is 5.95. The van der Waals surface area contributed by atoms with Crippen LogP contribution in [0.4, 0.5) is 0 Å². The van der Waals surface area contributed by atoms with Crippen LogP contribution in [-0.2, 0) is 6.54 Å². The number of carbonyl (C=O) groups is 1. The molecule has 0 N–H and O–H groups in total. The molecule has 8 heteroatoms. The first-order chi connectivity index (χ1) is 15.6. The van der Waals surface area contributed by atoms with Crippen molar-refractivity contribution < 1.29 is 9.21 Å². The molecule has 0 saturated heterocycles. The lowest BCUT2D eigenvalue weighted by Gasteiger charge is -2.18. The monoisotopic (exact) mass is 424 g/mol. The van der Waals surface area contributed by atoms with Crippen molar-refractivity contribution in [3.05, 3.63) is 90.2 Å². The predicted octanol–water partition coefficient (Wildman–Crippen LogP) is 4.05. The Labute approximate surface area is 184 Å². The molecule has 5 rings (SSSR count). The fraction of sp³-hybridized carbons (Fsp3) is 0.125. The summed E-state index contributed by atoms with van der Waals surface area (Å²) < 4.78 is 6.98. The van der Waals surface area contributed by atoms with Crippen LogP contribution in [0.3, 0.4) is 0 Å². The van der Waals surface area contributed by atoms with Crippen LogP contribution in [0.15, 0.2) is 77.8 Å². The number of carbonyl (C=O) groups excluding carboxylic acids is 1. The zero-order valence-corrected chi connectivity index (χ0v) is 17.6. The first-order valence-electron chi connectivity index (χ1n) is 10.1. The fourth-order valence-electron chi connectivity index (χ4n) is 3.67. The molecule has 0 radical (unpaired) electrons. The lowest BCUT2D eigenvalue weighted by molar-refractivity contribution is 0.0785. The van der Waals surface area contributed by atoms with E-state index in [4.69, 9.17) is 4.42 Å². The van der Waals surface area contributed by atoms with Crippen LogP contribution in [0.25, 0.3) is 28.3 Å². The minimum atomic E-state index is -0.128. The van der Waals surface area contributed by atoms with Gasteiger partial charge in [0.05, 0.1) is 29.2 Å². The molecule has 0 unspecified atom stereocenters. The van der Waals surface area contributed by atoms with Crippen LogP contribution in [0.5, 0.6) is 0 Å². The van der Waals surface area contributed by atoms with Gasteiger partial charge in [-0.3, -0.25) is 9.78 Å². The van der Waals surface area contributed by atoms with E-state index < -0.39 is 0 Å². The second-order valence-electron chi connectivity index (χ2n) is 7.42. The maximum Gasteiger partial charge on any atom is 0.257 e. The Morgan fingerprint density at radius 2 is 1.97 bits per heavy atom. The molecule has 5 aromatic rings. The number of furan rings is 1. The summed E-state index contributed by atoms with van der Waals surface area (Å²) in [6.45, 7) is 2.29. The van der Waals surface area contributed by atoms with Crippen LogP contribution >= 0.6 is 0 Å². The normalized spacial score (nSPS) is 11.1. The molecule has 0 saturated carbocycles. The van der Waals surface area contributed by atoms with Crippen molar-refractivity contribution in [3.8, 4) is 17.4 Å². The molecule has 0 atom stereocenters. The van der Waals surface area contributed by atoms with Crippen molar-refractivity contribution >= 4 is 16.8 Å². The summed E-state index contributed by atoms with van der Waals surface area (Å²) >= 11 is 0. The van der Waals surface area contributed by atoms with Crippen molar-refractivity contribution in [2.24, 2.45) is 0 Å². The largest absolute Gasteiger partial charge is 0.463 e. The Kier molecular flexibility index (Phi) is 4.95. The van der Waals surface area contributed by atoms with Gasteiger partial charge in [0.1, 0.15) is 5.69 Å². The molecule has 1 aromatic carbocycles. The Hall–Kier alpha value is -4.33. The average Bonchev–Trinajstić information content (AvgIpc) is 3.49. The maximum atomic E-state index is 13.2. The van der Waals surface area contributed by atoms with E-state index in [1.54, 1.807) is 53.6 Å². The number of amides is 1. The molecule has 4 heterocycles. The Morgan fingerprint density at radius 1 is 1.06 bits per heavy atom. The number of rotatable bonds is 5. The molecule has 0 bridgehead atoms. The van der Waals surface area contributed by atoms with Gasteiger partial charge in [0, 0.05) is 31.4 Å². The van der Waals surface area contributed by atoms with E-state index in [9.17, 15) is 4.79 Å². The lowest BCUT2D eigenvalue weighted by atomic mass is 10.1. The smallest absolute Gasteiger partial charge is 0.257 e. The van der Waals surface area contributed by atoms with E-state index in [0.717, 1.165) is 16.5 Å². The second kappa shape index (κ2) is 8.07. The highest BCUT2D eigenvalue weighted by atomic mass is 16.3. The summed E-state index contributed by atoms with van der Waals surface area (Å²) in [6, 6.07) is 15.2. The van der Waals surface area contributed by atoms with Gasteiger partial charge in [0.15, 0.2) is 5.76 Å². The van der Waals surface area contributed by atoms with Crippen LogP contribution in [0.2, 0.25) is 0 Å². The molecule has 0 aliphatic rings. The third-order valence-corrected chi connectivity index (χ3v) is 5.34. The van der Waals surface area contributed by atoms with Crippen LogP contribution in [0.1, 0.15) is 21.6 Å². The molecule has 4 aromatic heterocycles. The molecule has 8 nitrogen and oxygen atoms in total. The minimum Gasteiger partial charge on any atom is -0.463 e. The standard InChI is InChI=1S/C24H20N6O2/c1-16-19(14-27-30(16)24-26-12-10-21(28-24)22-9-5-13-32-22)23(31)29(2)15-17-6-3-8-20-18(17)7-4-11-25-20/h3-14H,15H2,1-2H3. The van der Waals surface area contributed by atoms with Gasteiger partial charge >= 0.3 is 0 Å². The Bertz CT molecular complexity index is 1400. The zero-order chi connectivity index (χ0) is 22.1. The van der Waals surface area contributed by atoms with Crippen molar-refractivity contribution in [1.29, 1.82) is 0 Å². The van der Waals surface area contributed by atoms with Gasteiger partial charge in [-0.1, -0.05) is 18.2 Å². The summed E-state index contributed by atoms with van der Waals surface area (Å²) in [5.41, 5.74) is 3.75. The number of benzene rings is 1. The molecule has 0 spiro atoms. The fourth-order valence-corrected chi connectivity index (χ4v) is 3.67. The number of hydrogen-bond donors (Lipinski definition) is 0. The highest BCUT2D eigenvalue weighted by Crippen LogP contribution is 2.21. The van der Waals surface area contributed by atoms with E-state index in [1.165, 1.54) is 0 Å². The molecular weight excluding hydrogens is 404 g/mol. The topological polar surface area (TPSA) is 89.9 Å². The van der Waals surface area contributed by atoms with Crippen LogP contribution in [0, 0.1) is 6.92 Å². The van der Waals surface area contributed by atoms with E-state index in [1.807, 2.05) is 43.3 Å².